The molecule has 0 atom stereocenters. The molecule has 0 unspecified atom stereocenters. The Bertz CT molecular complexity index is 1680. The minimum atomic E-state index is -0.616. The van der Waals surface area contributed by atoms with E-state index >= 15 is 0 Å². The van der Waals surface area contributed by atoms with Crippen LogP contribution in [0.3, 0.4) is 0 Å². The highest BCUT2D eigenvalue weighted by Crippen LogP contribution is 2.25. The van der Waals surface area contributed by atoms with Crippen LogP contribution in [0.2, 0.25) is 0 Å². The first-order chi connectivity index (χ1) is 23.9. The lowest BCUT2D eigenvalue weighted by atomic mass is 9.95. The number of amides is 2. The number of nitrogen functional groups attached to an aromatic ring is 1. The fraction of sp³-hybridized carbons (Fsp3) is 0.333. The summed E-state index contributed by atoms with van der Waals surface area (Å²) in [5.41, 5.74) is 8.97. The van der Waals surface area contributed by atoms with Crippen molar-refractivity contribution in [3.63, 3.8) is 0 Å². The highest BCUT2D eigenvalue weighted by Gasteiger charge is 2.25. The summed E-state index contributed by atoms with van der Waals surface area (Å²) in [4.78, 5) is 36.1. The summed E-state index contributed by atoms with van der Waals surface area (Å²) in [6.07, 6.45) is 4.71. The van der Waals surface area contributed by atoms with Crippen molar-refractivity contribution in [1.29, 1.82) is 0 Å². The maximum Gasteiger partial charge on any atom is 0.229 e. The van der Waals surface area contributed by atoms with E-state index in [0.717, 1.165) is 51.5 Å². The summed E-state index contributed by atoms with van der Waals surface area (Å²) in [6, 6.07) is 21.5. The van der Waals surface area contributed by atoms with Crippen molar-refractivity contribution in [2.75, 3.05) is 67.0 Å². The summed E-state index contributed by atoms with van der Waals surface area (Å²) in [7, 11) is 1.61. The van der Waals surface area contributed by atoms with Gasteiger partial charge in [0.1, 0.15) is 12.4 Å². The highest BCUT2D eigenvalue weighted by molar-refractivity contribution is 5.94. The summed E-state index contributed by atoms with van der Waals surface area (Å²) in [6.45, 7) is 3.47. The maximum absolute atomic E-state index is 14.7. The topological polar surface area (TPSA) is 156 Å². The largest absolute Gasteiger partial charge is 0.491 e. The van der Waals surface area contributed by atoms with Crippen molar-refractivity contribution in [3.8, 4) is 5.75 Å². The van der Waals surface area contributed by atoms with Crippen LogP contribution in [-0.2, 0) is 14.3 Å². The number of nitrogens with zero attached hydrogens (tertiary/aromatic N) is 3. The average Bonchev–Trinajstić information content (AvgIpc) is 3.10. The number of ether oxygens (including phenoxy) is 2. The Labute approximate surface area is 285 Å². The number of piperidine rings is 1. The van der Waals surface area contributed by atoms with E-state index < -0.39 is 5.82 Å². The number of likely N-dealkylation sites (tertiary alicyclic amines) is 1. The molecule has 13 heteroatoms. The van der Waals surface area contributed by atoms with Crippen molar-refractivity contribution in [2.24, 2.45) is 5.92 Å². The van der Waals surface area contributed by atoms with Crippen LogP contribution in [-0.4, -0.2) is 66.6 Å². The molecule has 1 aliphatic heterocycles. The van der Waals surface area contributed by atoms with Crippen molar-refractivity contribution in [3.05, 3.63) is 84.8 Å². The Morgan fingerprint density at radius 2 is 1.69 bits per heavy atom. The fourth-order valence-corrected chi connectivity index (χ4v) is 5.44. The third-order valence-corrected chi connectivity index (χ3v) is 8.13. The van der Waals surface area contributed by atoms with E-state index in [-0.39, 0.29) is 29.5 Å². The number of hydrogen-bond acceptors (Lipinski definition) is 10. The van der Waals surface area contributed by atoms with Crippen LogP contribution in [0.1, 0.15) is 32.1 Å². The van der Waals surface area contributed by atoms with Crippen LogP contribution in [0.4, 0.5) is 44.6 Å². The van der Waals surface area contributed by atoms with Gasteiger partial charge in [-0.05, 0) is 99.9 Å². The maximum atomic E-state index is 14.7. The molecule has 0 aliphatic carbocycles. The SMILES string of the molecule is COCCOc1ccc(Nc2ncc(F)c(Nc3cccc(NC(=O)C4CCN(CCCCC(=O)Nc5ccccc5N)CC4)c3)n2)cc1. The number of nitrogens with two attached hydrogens (primary N) is 1. The number of hydrogen-bond donors (Lipinski definition) is 5. The van der Waals surface area contributed by atoms with Crippen molar-refractivity contribution >= 4 is 52.0 Å². The minimum Gasteiger partial charge on any atom is -0.491 e. The lowest BCUT2D eigenvalue weighted by molar-refractivity contribution is -0.121. The first-order valence-electron chi connectivity index (χ1n) is 16.4. The fourth-order valence-electron chi connectivity index (χ4n) is 5.44. The van der Waals surface area contributed by atoms with Gasteiger partial charge in [0.25, 0.3) is 0 Å². The molecule has 12 nitrogen and oxygen atoms in total. The normalized spacial score (nSPS) is 13.4. The van der Waals surface area contributed by atoms with Gasteiger partial charge in [0.05, 0.1) is 24.2 Å². The van der Waals surface area contributed by atoms with Gasteiger partial charge in [0.2, 0.25) is 17.8 Å². The first kappa shape index (κ1) is 35.0. The quantitative estimate of drug-likeness (QED) is 0.0690. The summed E-state index contributed by atoms with van der Waals surface area (Å²) < 4.78 is 25.2. The average molecular weight is 671 g/mol. The van der Waals surface area contributed by atoms with Crippen LogP contribution < -0.4 is 31.7 Å². The van der Waals surface area contributed by atoms with E-state index in [4.69, 9.17) is 15.2 Å². The Hall–Kier alpha value is -5.27. The molecule has 6 N–H and O–H groups in total. The van der Waals surface area contributed by atoms with Gasteiger partial charge in [0.15, 0.2) is 11.6 Å². The summed E-state index contributed by atoms with van der Waals surface area (Å²) in [5.74, 6) is 0.107. The second-order valence-corrected chi connectivity index (χ2v) is 11.8. The molecule has 1 saturated heterocycles. The van der Waals surface area contributed by atoms with Gasteiger partial charge in [0, 0.05) is 36.5 Å². The van der Waals surface area contributed by atoms with Gasteiger partial charge in [-0.3, -0.25) is 9.59 Å². The van der Waals surface area contributed by atoms with Gasteiger partial charge in [-0.15, -0.1) is 0 Å². The van der Waals surface area contributed by atoms with Crippen LogP contribution in [0, 0.1) is 11.7 Å². The molecular formula is C36H43FN8O4. The standard InChI is InChI=1S/C36H43FN8O4/c1-48-21-22-49-29-14-12-26(13-15-29)42-36-39-24-30(37)34(44-36)40-27-7-6-8-28(23-27)41-35(47)25-16-19-45(20-17-25)18-5-4-11-33(46)43-32-10-3-2-9-31(32)38/h2-3,6-10,12-15,23-25H,4-5,11,16-22,38H2,1H3,(H,41,47)(H,43,46)(H2,39,40,42,44). The molecule has 1 aliphatic rings. The molecule has 49 heavy (non-hydrogen) atoms. The molecule has 5 rings (SSSR count). The molecule has 258 valence electrons. The van der Waals surface area contributed by atoms with Gasteiger partial charge in [-0.1, -0.05) is 18.2 Å². The molecule has 1 fully saturated rings. The van der Waals surface area contributed by atoms with E-state index in [1.807, 2.05) is 24.3 Å². The molecule has 4 aromatic rings. The van der Waals surface area contributed by atoms with E-state index in [0.29, 0.717) is 53.8 Å². The second-order valence-electron chi connectivity index (χ2n) is 11.8. The van der Waals surface area contributed by atoms with Crippen LogP contribution in [0.5, 0.6) is 5.75 Å². The zero-order valence-electron chi connectivity index (χ0n) is 27.6. The Kier molecular flexibility index (Phi) is 12.7. The van der Waals surface area contributed by atoms with Crippen molar-refractivity contribution in [2.45, 2.75) is 32.1 Å². The third-order valence-electron chi connectivity index (χ3n) is 8.13. The Morgan fingerprint density at radius 3 is 2.47 bits per heavy atom. The number of methoxy groups -OCH3 is 1. The molecular weight excluding hydrogens is 627 g/mol. The summed E-state index contributed by atoms with van der Waals surface area (Å²) in [5, 5.41) is 11.9. The zero-order valence-corrected chi connectivity index (χ0v) is 27.6. The third kappa shape index (κ3) is 10.9. The number of nitrogens with one attached hydrogen (secondary N) is 4. The van der Waals surface area contributed by atoms with Crippen molar-refractivity contribution in [1.82, 2.24) is 14.9 Å². The molecule has 0 bridgehead atoms. The number of rotatable bonds is 16. The van der Waals surface area contributed by atoms with Crippen LogP contribution in [0.25, 0.3) is 0 Å². The Morgan fingerprint density at radius 1 is 0.918 bits per heavy atom. The van der Waals surface area contributed by atoms with Crippen molar-refractivity contribution < 1.29 is 23.5 Å². The number of aromatic nitrogens is 2. The predicted octanol–water partition coefficient (Wildman–Crippen LogP) is 6.17. The number of anilines is 7. The van der Waals surface area contributed by atoms with E-state index in [1.54, 1.807) is 55.6 Å². The summed E-state index contributed by atoms with van der Waals surface area (Å²) >= 11 is 0. The van der Waals surface area contributed by atoms with Gasteiger partial charge in [-0.2, -0.15) is 4.98 Å². The zero-order chi connectivity index (χ0) is 34.4. The number of carbonyl (C=O) groups is 2. The monoisotopic (exact) mass is 670 g/mol. The van der Waals surface area contributed by atoms with Gasteiger partial charge < -0.3 is 41.4 Å². The molecule has 0 saturated carbocycles. The van der Waals surface area contributed by atoms with Crippen LogP contribution >= 0.6 is 0 Å². The van der Waals surface area contributed by atoms with Gasteiger partial charge >= 0.3 is 0 Å². The first-order valence-corrected chi connectivity index (χ1v) is 16.4. The molecule has 2 heterocycles. The van der Waals surface area contributed by atoms with E-state index in [9.17, 15) is 14.0 Å². The second kappa shape index (κ2) is 17.8. The smallest absolute Gasteiger partial charge is 0.229 e. The molecule has 0 spiro atoms. The molecule has 3 aromatic carbocycles. The lowest BCUT2D eigenvalue weighted by Gasteiger charge is -2.31. The number of halogens is 1. The molecule has 0 radical (unpaired) electrons. The lowest BCUT2D eigenvalue weighted by Crippen LogP contribution is -2.38. The minimum absolute atomic E-state index is 0.00520. The Balaban J connectivity index is 1.04. The molecule has 1 aromatic heterocycles. The van der Waals surface area contributed by atoms with Gasteiger partial charge in [-0.25, -0.2) is 9.37 Å². The predicted molar refractivity (Wildman–Crippen MR) is 190 cm³/mol. The number of benzene rings is 3. The van der Waals surface area contributed by atoms with E-state index in [2.05, 4.69) is 36.1 Å². The number of carbonyl (C=O) groups excluding carboxylic acids is 2. The van der Waals surface area contributed by atoms with Crippen LogP contribution in [0.15, 0.2) is 79.0 Å². The van der Waals surface area contributed by atoms with E-state index in [1.165, 1.54) is 0 Å². The number of unbranched alkanes of at least 4 members (excludes halogenated alkanes) is 1. The highest BCUT2D eigenvalue weighted by atomic mass is 19.1. The number of para-hydroxylation sites is 2. The molecule has 2 amide bonds.